The van der Waals surface area contributed by atoms with E-state index >= 15 is 0 Å². The van der Waals surface area contributed by atoms with Crippen LogP contribution in [-0.2, 0) is 0 Å². The number of anilines is 1. The van der Waals surface area contributed by atoms with Gasteiger partial charge in [0.05, 0.1) is 18.7 Å². The number of carbonyl (C=O) groups excluding carboxylic acids is 1. The summed E-state index contributed by atoms with van der Waals surface area (Å²) in [6.07, 6.45) is 1.72. The molecule has 0 spiro atoms. The van der Waals surface area contributed by atoms with Crippen molar-refractivity contribution in [2.24, 2.45) is 0 Å². The van der Waals surface area contributed by atoms with Crippen LogP contribution in [0.3, 0.4) is 0 Å². The molecule has 1 unspecified atom stereocenters. The molecule has 2 heterocycles. The van der Waals surface area contributed by atoms with Crippen LogP contribution >= 0.6 is 0 Å². The van der Waals surface area contributed by atoms with E-state index in [1.165, 1.54) is 0 Å². The molecule has 0 radical (unpaired) electrons. The van der Waals surface area contributed by atoms with E-state index in [0.717, 1.165) is 17.9 Å². The third-order valence-electron chi connectivity index (χ3n) is 4.87. The monoisotopic (exact) mass is 354 g/mol. The fourth-order valence-corrected chi connectivity index (χ4v) is 3.43. The third kappa shape index (κ3) is 3.51. The van der Waals surface area contributed by atoms with Gasteiger partial charge in [-0.1, -0.05) is 18.2 Å². The van der Waals surface area contributed by atoms with E-state index in [2.05, 4.69) is 23.0 Å². The van der Waals surface area contributed by atoms with Gasteiger partial charge in [-0.25, -0.2) is 4.98 Å². The minimum absolute atomic E-state index is 0.0230. The molecule has 6 heteroatoms. The van der Waals surface area contributed by atoms with Gasteiger partial charge >= 0.3 is 0 Å². The lowest BCUT2D eigenvalue weighted by atomic mass is 10.0. The van der Waals surface area contributed by atoms with Crippen LogP contribution in [0.25, 0.3) is 0 Å². The molecule has 26 heavy (non-hydrogen) atoms. The predicted molar refractivity (Wildman–Crippen MR) is 103 cm³/mol. The maximum absolute atomic E-state index is 13.2. The molecule has 0 saturated carbocycles. The van der Waals surface area contributed by atoms with Crippen molar-refractivity contribution in [1.82, 2.24) is 14.8 Å². The van der Waals surface area contributed by atoms with Gasteiger partial charge in [0.2, 0.25) is 0 Å². The van der Waals surface area contributed by atoms with Crippen molar-refractivity contribution >= 4 is 11.7 Å². The van der Waals surface area contributed by atoms with Crippen molar-refractivity contribution in [1.29, 1.82) is 0 Å². The number of hydrogen-bond donors (Lipinski definition) is 0. The molecule has 1 amide bonds. The largest absolute Gasteiger partial charge is 0.496 e. The molecule has 1 fully saturated rings. The molecule has 2 aromatic rings. The van der Waals surface area contributed by atoms with E-state index in [1.807, 2.05) is 54.2 Å². The molecule has 1 saturated heterocycles. The van der Waals surface area contributed by atoms with Crippen LogP contribution in [0.15, 0.2) is 42.6 Å². The first-order chi connectivity index (χ1) is 12.5. The first kappa shape index (κ1) is 18.2. The van der Waals surface area contributed by atoms with Crippen molar-refractivity contribution in [3.05, 3.63) is 53.7 Å². The van der Waals surface area contributed by atoms with Gasteiger partial charge < -0.3 is 14.5 Å². The van der Waals surface area contributed by atoms with Crippen molar-refractivity contribution in [2.45, 2.75) is 6.04 Å². The summed E-state index contributed by atoms with van der Waals surface area (Å²) in [7, 11) is 7.58. The van der Waals surface area contributed by atoms with Gasteiger partial charge in [-0.05, 0) is 25.2 Å². The number of ether oxygens (including phenoxy) is 1. The number of likely N-dealkylation sites (N-methyl/N-ethyl adjacent to an activating group) is 1. The lowest BCUT2D eigenvalue weighted by Gasteiger charge is -2.40. The van der Waals surface area contributed by atoms with E-state index in [4.69, 9.17) is 4.74 Å². The fraction of sp³-hybridized carbons (Fsp3) is 0.400. The molecular formula is C20H26N4O2. The summed E-state index contributed by atoms with van der Waals surface area (Å²) >= 11 is 0. The number of amides is 1. The normalized spacial score (nSPS) is 17.8. The highest BCUT2D eigenvalue weighted by Crippen LogP contribution is 2.32. The van der Waals surface area contributed by atoms with E-state index in [1.54, 1.807) is 13.3 Å². The molecule has 3 rings (SSSR count). The second kappa shape index (κ2) is 7.74. The summed E-state index contributed by atoms with van der Waals surface area (Å²) in [4.78, 5) is 23.6. The average Bonchev–Trinajstić information content (AvgIpc) is 2.67. The Bertz CT molecular complexity index is 778. The number of piperazine rings is 1. The van der Waals surface area contributed by atoms with Gasteiger partial charge in [-0.2, -0.15) is 0 Å². The van der Waals surface area contributed by atoms with E-state index in [9.17, 15) is 4.79 Å². The number of nitrogens with zero attached hydrogens (tertiary/aromatic N) is 4. The van der Waals surface area contributed by atoms with Gasteiger partial charge in [-0.3, -0.25) is 9.69 Å². The van der Waals surface area contributed by atoms with Crippen molar-refractivity contribution in [2.75, 3.05) is 52.8 Å². The number of rotatable bonds is 4. The maximum atomic E-state index is 13.2. The molecule has 138 valence electrons. The van der Waals surface area contributed by atoms with Crippen molar-refractivity contribution in [3.8, 4) is 5.75 Å². The van der Waals surface area contributed by atoms with Crippen LogP contribution in [0.4, 0.5) is 5.82 Å². The Kier molecular flexibility index (Phi) is 5.42. The first-order valence-electron chi connectivity index (χ1n) is 8.77. The molecule has 1 aliphatic heterocycles. The molecule has 1 atom stereocenters. The van der Waals surface area contributed by atoms with E-state index < -0.39 is 0 Å². The number of carbonyl (C=O) groups is 1. The molecular weight excluding hydrogens is 328 g/mol. The predicted octanol–water partition coefficient (Wildman–Crippen LogP) is 2.29. The number of para-hydroxylation sites is 1. The molecule has 0 bridgehead atoms. The summed E-state index contributed by atoms with van der Waals surface area (Å²) in [5.74, 6) is 1.58. The van der Waals surface area contributed by atoms with Gasteiger partial charge in [0, 0.05) is 45.5 Å². The Labute approximate surface area is 155 Å². The molecule has 0 aliphatic carbocycles. The number of benzene rings is 1. The summed E-state index contributed by atoms with van der Waals surface area (Å²) < 4.78 is 5.53. The van der Waals surface area contributed by atoms with Crippen LogP contribution < -0.4 is 9.64 Å². The summed E-state index contributed by atoms with van der Waals surface area (Å²) in [5, 5.41) is 0. The van der Waals surface area contributed by atoms with Crippen LogP contribution in [0.5, 0.6) is 5.75 Å². The maximum Gasteiger partial charge on any atom is 0.257 e. The fourth-order valence-electron chi connectivity index (χ4n) is 3.43. The quantitative estimate of drug-likeness (QED) is 0.843. The average molecular weight is 354 g/mol. The zero-order valence-electron chi connectivity index (χ0n) is 15.8. The van der Waals surface area contributed by atoms with Gasteiger partial charge in [0.15, 0.2) is 0 Å². The number of pyridine rings is 1. The van der Waals surface area contributed by atoms with Gasteiger partial charge in [0.1, 0.15) is 11.6 Å². The van der Waals surface area contributed by atoms with Crippen LogP contribution in [0, 0.1) is 0 Å². The van der Waals surface area contributed by atoms with E-state index in [0.29, 0.717) is 24.5 Å². The van der Waals surface area contributed by atoms with Crippen LogP contribution in [-0.4, -0.2) is 68.6 Å². The standard InChI is InChI=1S/C20H26N4O2/c1-22(2)19-16(9-7-11-21-19)20(25)24-13-12-23(3)17(14-24)15-8-5-6-10-18(15)26-4/h5-11,17H,12-14H2,1-4H3. The third-order valence-corrected chi connectivity index (χ3v) is 4.87. The highest BCUT2D eigenvalue weighted by Gasteiger charge is 2.31. The molecule has 1 aliphatic rings. The van der Waals surface area contributed by atoms with E-state index in [-0.39, 0.29) is 11.9 Å². The Balaban J connectivity index is 1.88. The first-order valence-corrected chi connectivity index (χ1v) is 8.77. The SMILES string of the molecule is COc1ccccc1C1CN(C(=O)c2cccnc2N(C)C)CCN1C. The van der Waals surface area contributed by atoms with Crippen molar-refractivity contribution < 1.29 is 9.53 Å². The molecule has 6 nitrogen and oxygen atoms in total. The second-order valence-corrected chi connectivity index (χ2v) is 6.76. The molecule has 1 aromatic heterocycles. The Morgan fingerprint density at radius 2 is 1.96 bits per heavy atom. The number of methoxy groups -OCH3 is 1. The van der Waals surface area contributed by atoms with Crippen LogP contribution in [0.1, 0.15) is 22.0 Å². The zero-order chi connectivity index (χ0) is 18.7. The molecule has 0 N–H and O–H groups in total. The highest BCUT2D eigenvalue weighted by molar-refractivity contribution is 5.99. The minimum atomic E-state index is 0.0230. The van der Waals surface area contributed by atoms with Gasteiger partial charge in [-0.15, -0.1) is 0 Å². The highest BCUT2D eigenvalue weighted by atomic mass is 16.5. The lowest BCUT2D eigenvalue weighted by Crippen LogP contribution is -2.49. The Hall–Kier alpha value is -2.60. The number of aromatic nitrogens is 1. The topological polar surface area (TPSA) is 48.9 Å². The second-order valence-electron chi connectivity index (χ2n) is 6.76. The smallest absolute Gasteiger partial charge is 0.257 e. The van der Waals surface area contributed by atoms with Gasteiger partial charge in [0.25, 0.3) is 5.91 Å². The van der Waals surface area contributed by atoms with Crippen molar-refractivity contribution in [3.63, 3.8) is 0 Å². The number of hydrogen-bond acceptors (Lipinski definition) is 5. The Morgan fingerprint density at radius 1 is 1.19 bits per heavy atom. The summed E-state index contributed by atoms with van der Waals surface area (Å²) in [6.45, 7) is 2.13. The summed E-state index contributed by atoms with van der Waals surface area (Å²) in [5.41, 5.74) is 1.75. The molecule has 1 aromatic carbocycles. The zero-order valence-corrected chi connectivity index (χ0v) is 15.8. The summed E-state index contributed by atoms with van der Waals surface area (Å²) in [6, 6.07) is 11.8. The lowest BCUT2D eigenvalue weighted by molar-refractivity contribution is 0.0542. The van der Waals surface area contributed by atoms with Crippen LogP contribution in [0.2, 0.25) is 0 Å². The Morgan fingerprint density at radius 3 is 2.69 bits per heavy atom. The minimum Gasteiger partial charge on any atom is -0.496 e.